The van der Waals surface area contributed by atoms with Crippen LogP contribution >= 0.6 is 0 Å². The number of benzene rings is 1. The molecule has 1 heteroatoms. The fraction of sp³-hybridized carbons (Fsp3) is 0.571. The van der Waals surface area contributed by atoms with Crippen LogP contribution in [0.5, 0.6) is 0 Å². The average Bonchev–Trinajstić information content (AvgIpc) is 2.28. The van der Waals surface area contributed by atoms with E-state index in [0.29, 0.717) is 12.0 Å². The molecule has 0 saturated heterocycles. The van der Waals surface area contributed by atoms with Crippen LogP contribution in [-0.2, 0) is 6.42 Å². The summed E-state index contributed by atoms with van der Waals surface area (Å²) in [6.07, 6.45) is 3.94. The summed E-state index contributed by atoms with van der Waals surface area (Å²) < 4.78 is 0. The minimum Gasteiger partial charge on any atom is -0.317 e. The molecular weight excluding hydrogens is 182 g/mol. The number of nitrogens with one attached hydrogen (secondary N) is 1. The second kappa shape index (κ2) is 4.36. The molecule has 2 atom stereocenters. The van der Waals surface area contributed by atoms with E-state index in [1.54, 1.807) is 11.1 Å². The van der Waals surface area contributed by atoms with E-state index < -0.39 is 0 Å². The number of fused-ring (bicyclic) bond motifs is 1. The fourth-order valence-electron chi connectivity index (χ4n) is 2.85. The lowest BCUT2D eigenvalue weighted by molar-refractivity contribution is 0.436. The zero-order valence-corrected chi connectivity index (χ0v) is 10.0. The summed E-state index contributed by atoms with van der Waals surface area (Å²) in [4.78, 5) is 0. The lowest BCUT2D eigenvalue weighted by atomic mass is 9.77. The molecule has 0 aromatic heterocycles. The quantitative estimate of drug-likeness (QED) is 0.779. The van der Waals surface area contributed by atoms with Crippen molar-refractivity contribution in [3.05, 3.63) is 34.9 Å². The third-order valence-electron chi connectivity index (χ3n) is 3.81. The molecule has 0 fully saturated rings. The Bertz CT molecular complexity index is 343. The van der Waals surface area contributed by atoms with Crippen molar-refractivity contribution in [2.45, 2.75) is 45.1 Å². The first-order chi connectivity index (χ1) is 7.24. The highest BCUT2D eigenvalue weighted by molar-refractivity contribution is 5.39. The Balaban J connectivity index is 2.40. The first kappa shape index (κ1) is 10.7. The first-order valence-corrected chi connectivity index (χ1v) is 5.99. The van der Waals surface area contributed by atoms with E-state index >= 15 is 0 Å². The first-order valence-electron chi connectivity index (χ1n) is 5.99. The minimum absolute atomic E-state index is 0.588. The maximum Gasteiger partial charge on any atom is 0.0105 e. The second-order valence-corrected chi connectivity index (χ2v) is 4.72. The number of rotatable bonds is 2. The van der Waals surface area contributed by atoms with Gasteiger partial charge in [-0.15, -0.1) is 0 Å². The number of likely N-dealkylation sites (N-methyl/N-ethyl adjacent to an activating group) is 1. The van der Waals surface area contributed by atoms with Crippen molar-refractivity contribution < 1.29 is 0 Å². The highest BCUT2D eigenvalue weighted by Gasteiger charge is 2.25. The molecule has 82 valence electrons. The van der Waals surface area contributed by atoms with Crippen LogP contribution in [-0.4, -0.2) is 13.1 Å². The second-order valence-electron chi connectivity index (χ2n) is 4.72. The van der Waals surface area contributed by atoms with Crippen LogP contribution in [0.15, 0.2) is 18.2 Å². The van der Waals surface area contributed by atoms with Gasteiger partial charge in [-0.1, -0.05) is 18.2 Å². The zero-order chi connectivity index (χ0) is 10.8. The summed E-state index contributed by atoms with van der Waals surface area (Å²) in [7, 11) is 2.07. The maximum atomic E-state index is 3.40. The predicted octanol–water partition coefficient (Wildman–Crippen LogP) is 3.02. The summed E-state index contributed by atoms with van der Waals surface area (Å²) in [5, 5.41) is 3.40. The Morgan fingerprint density at radius 2 is 2.20 bits per heavy atom. The number of hydrogen-bond acceptors (Lipinski definition) is 1. The van der Waals surface area contributed by atoms with Gasteiger partial charge in [0.25, 0.3) is 0 Å². The van der Waals surface area contributed by atoms with Gasteiger partial charge in [-0.3, -0.25) is 0 Å². The molecule has 2 rings (SSSR count). The van der Waals surface area contributed by atoms with Gasteiger partial charge in [-0.25, -0.2) is 0 Å². The molecule has 1 aliphatic rings. The van der Waals surface area contributed by atoms with Gasteiger partial charge in [-0.2, -0.15) is 0 Å². The van der Waals surface area contributed by atoms with Gasteiger partial charge in [0.15, 0.2) is 0 Å². The van der Waals surface area contributed by atoms with Gasteiger partial charge < -0.3 is 5.32 Å². The zero-order valence-electron chi connectivity index (χ0n) is 10.0. The monoisotopic (exact) mass is 203 g/mol. The van der Waals surface area contributed by atoms with Crippen molar-refractivity contribution in [1.29, 1.82) is 0 Å². The number of aryl methyl sites for hydroxylation is 2. The summed E-state index contributed by atoms with van der Waals surface area (Å²) in [5.74, 6) is 0.708. The number of hydrogen-bond donors (Lipinski definition) is 1. The molecule has 1 N–H and O–H groups in total. The van der Waals surface area contributed by atoms with Gasteiger partial charge in [0.2, 0.25) is 0 Å². The van der Waals surface area contributed by atoms with Crippen molar-refractivity contribution in [3.63, 3.8) is 0 Å². The topological polar surface area (TPSA) is 12.0 Å². The largest absolute Gasteiger partial charge is 0.317 e. The van der Waals surface area contributed by atoms with Crippen molar-refractivity contribution in [1.82, 2.24) is 5.32 Å². The van der Waals surface area contributed by atoms with Crippen molar-refractivity contribution >= 4 is 0 Å². The summed E-state index contributed by atoms with van der Waals surface area (Å²) in [6, 6.07) is 7.34. The predicted molar refractivity (Wildman–Crippen MR) is 65.4 cm³/mol. The van der Waals surface area contributed by atoms with Crippen LogP contribution in [0.1, 0.15) is 42.4 Å². The Labute approximate surface area is 92.9 Å². The van der Waals surface area contributed by atoms with Crippen LogP contribution in [0.4, 0.5) is 0 Å². The molecule has 1 nitrogen and oxygen atoms in total. The van der Waals surface area contributed by atoms with E-state index in [-0.39, 0.29) is 0 Å². The van der Waals surface area contributed by atoms with Crippen LogP contribution in [0, 0.1) is 6.92 Å². The van der Waals surface area contributed by atoms with Gasteiger partial charge in [0.1, 0.15) is 0 Å². The molecule has 1 aromatic carbocycles. The summed E-state index contributed by atoms with van der Waals surface area (Å²) in [5.41, 5.74) is 4.67. The SMILES string of the molecule is CNC(C)C1CCCc2cccc(C)c21. The van der Waals surface area contributed by atoms with Crippen LogP contribution in [0.2, 0.25) is 0 Å². The van der Waals surface area contributed by atoms with E-state index in [0.717, 1.165) is 0 Å². The molecule has 0 spiro atoms. The van der Waals surface area contributed by atoms with E-state index in [1.165, 1.54) is 24.8 Å². The molecule has 2 unspecified atom stereocenters. The third kappa shape index (κ3) is 1.93. The van der Waals surface area contributed by atoms with Gasteiger partial charge >= 0.3 is 0 Å². The van der Waals surface area contributed by atoms with Crippen LogP contribution in [0.3, 0.4) is 0 Å². The van der Waals surface area contributed by atoms with Crippen LogP contribution in [0.25, 0.3) is 0 Å². The lowest BCUT2D eigenvalue weighted by Gasteiger charge is -2.31. The molecule has 15 heavy (non-hydrogen) atoms. The molecule has 0 amide bonds. The lowest BCUT2D eigenvalue weighted by Crippen LogP contribution is -2.31. The van der Waals surface area contributed by atoms with Gasteiger partial charge in [0.05, 0.1) is 0 Å². The van der Waals surface area contributed by atoms with E-state index in [9.17, 15) is 0 Å². The fourth-order valence-corrected chi connectivity index (χ4v) is 2.85. The third-order valence-corrected chi connectivity index (χ3v) is 3.81. The minimum atomic E-state index is 0.588. The molecule has 0 saturated carbocycles. The highest BCUT2D eigenvalue weighted by Crippen LogP contribution is 2.35. The summed E-state index contributed by atoms with van der Waals surface area (Å²) >= 11 is 0. The molecule has 0 heterocycles. The molecule has 1 aromatic rings. The molecule has 1 aliphatic carbocycles. The normalized spacial score (nSPS) is 22.2. The Hall–Kier alpha value is -0.820. The van der Waals surface area contributed by atoms with Gasteiger partial charge in [0, 0.05) is 6.04 Å². The van der Waals surface area contributed by atoms with Crippen molar-refractivity contribution in [2.24, 2.45) is 0 Å². The summed E-state index contributed by atoms with van der Waals surface area (Å²) in [6.45, 7) is 4.55. The van der Waals surface area contributed by atoms with Crippen LogP contribution < -0.4 is 5.32 Å². The molecule has 0 aliphatic heterocycles. The Kier molecular flexibility index (Phi) is 3.11. The van der Waals surface area contributed by atoms with Crippen molar-refractivity contribution in [2.75, 3.05) is 7.05 Å². The smallest absolute Gasteiger partial charge is 0.0105 e. The Morgan fingerprint density at radius 1 is 1.40 bits per heavy atom. The van der Waals surface area contributed by atoms with E-state index in [4.69, 9.17) is 0 Å². The molecule has 0 bridgehead atoms. The standard InChI is InChI=1S/C14H21N/c1-10-6-4-7-12-8-5-9-13(14(10)12)11(2)15-3/h4,6-7,11,13,15H,5,8-9H2,1-3H3. The molecular formula is C14H21N. The van der Waals surface area contributed by atoms with E-state index in [2.05, 4.69) is 44.4 Å². The van der Waals surface area contributed by atoms with Crippen molar-refractivity contribution in [3.8, 4) is 0 Å². The molecule has 0 radical (unpaired) electrons. The average molecular weight is 203 g/mol. The van der Waals surface area contributed by atoms with Gasteiger partial charge in [-0.05, 0) is 62.8 Å². The highest BCUT2D eigenvalue weighted by atomic mass is 14.9. The maximum absolute atomic E-state index is 3.40. The Morgan fingerprint density at radius 3 is 2.93 bits per heavy atom. The van der Waals surface area contributed by atoms with E-state index in [1.807, 2.05) is 0 Å².